The van der Waals surface area contributed by atoms with Crippen LogP contribution in [-0.2, 0) is 31.2 Å². The molecule has 0 aliphatic rings. The summed E-state index contributed by atoms with van der Waals surface area (Å²) in [7, 11) is 2.91. The summed E-state index contributed by atoms with van der Waals surface area (Å²) in [6.45, 7) is 3.52. The molecule has 0 saturated carbocycles. The molecule has 3 aromatic carbocycles. The van der Waals surface area contributed by atoms with Crippen LogP contribution in [0.25, 0.3) is 11.0 Å². The fourth-order valence-corrected chi connectivity index (χ4v) is 5.80. The van der Waals surface area contributed by atoms with E-state index in [1.54, 1.807) is 21.0 Å². The number of ketones is 1. The topological polar surface area (TPSA) is 157 Å². The Hall–Kier alpha value is -5.62. The first-order valence-electron chi connectivity index (χ1n) is 16.0. The molecule has 1 atom stereocenters. The average molecular weight is 665 g/mol. The highest BCUT2D eigenvalue weighted by Gasteiger charge is 2.36. The van der Waals surface area contributed by atoms with Crippen molar-refractivity contribution in [1.82, 2.24) is 25.1 Å². The Morgan fingerprint density at radius 2 is 1.51 bits per heavy atom. The molecule has 49 heavy (non-hydrogen) atoms. The molecule has 0 bridgehead atoms. The molecule has 0 radical (unpaired) electrons. The highest BCUT2D eigenvalue weighted by molar-refractivity contribution is 5.91. The lowest BCUT2D eigenvalue weighted by Gasteiger charge is -2.37. The van der Waals surface area contributed by atoms with Gasteiger partial charge in [0.2, 0.25) is 11.9 Å². The zero-order valence-electron chi connectivity index (χ0n) is 27.9. The summed E-state index contributed by atoms with van der Waals surface area (Å²) < 4.78 is 11.7. The van der Waals surface area contributed by atoms with Gasteiger partial charge in [0.05, 0.1) is 32.4 Å². The van der Waals surface area contributed by atoms with Gasteiger partial charge in [0, 0.05) is 11.8 Å². The number of ether oxygens (including phenoxy) is 2. The lowest BCUT2D eigenvalue weighted by molar-refractivity contribution is -0.144. The number of nitrogens with one attached hydrogen (secondary N) is 3. The van der Waals surface area contributed by atoms with Gasteiger partial charge in [-0.3, -0.25) is 34.8 Å². The number of anilines is 1. The predicted molar refractivity (Wildman–Crippen MR) is 185 cm³/mol. The Kier molecular flexibility index (Phi) is 11.0. The van der Waals surface area contributed by atoms with Crippen LogP contribution in [0.2, 0.25) is 0 Å². The quantitative estimate of drug-likeness (QED) is 0.109. The minimum absolute atomic E-state index is 0.0441. The van der Waals surface area contributed by atoms with Crippen LogP contribution in [0.3, 0.4) is 0 Å². The summed E-state index contributed by atoms with van der Waals surface area (Å²) in [6, 6.07) is 27.9. The molecule has 12 heteroatoms. The zero-order chi connectivity index (χ0) is 35.0. The van der Waals surface area contributed by atoms with Crippen molar-refractivity contribution in [2.45, 2.75) is 38.8 Å². The van der Waals surface area contributed by atoms with Crippen LogP contribution in [0.4, 0.5) is 5.95 Å². The number of benzene rings is 3. The second-order valence-corrected chi connectivity index (χ2v) is 12.0. The number of methoxy groups -OCH3 is 2. The van der Waals surface area contributed by atoms with Crippen LogP contribution in [-0.4, -0.2) is 58.2 Å². The largest absolute Gasteiger partial charge is 0.497 e. The van der Waals surface area contributed by atoms with E-state index in [0.717, 1.165) is 22.4 Å². The van der Waals surface area contributed by atoms with Crippen molar-refractivity contribution in [2.24, 2.45) is 11.8 Å². The van der Waals surface area contributed by atoms with E-state index in [2.05, 4.69) is 50.0 Å². The molecule has 1 amide bonds. The maximum atomic E-state index is 13.9. The average Bonchev–Trinajstić information content (AvgIpc) is 3.53. The molecule has 1 unspecified atom stereocenters. The molecule has 2 heterocycles. The van der Waals surface area contributed by atoms with Gasteiger partial charge < -0.3 is 9.47 Å². The molecule has 0 fully saturated rings. The normalized spacial score (nSPS) is 12.1. The molecular weight excluding hydrogens is 624 g/mol. The Morgan fingerprint density at radius 3 is 2.08 bits per heavy atom. The fraction of sp³-hybridized carbons (Fsp3) is 0.297. The summed E-state index contributed by atoms with van der Waals surface area (Å²) in [4.78, 5) is 58.3. The molecule has 5 rings (SSSR count). The minimum atomic E-state index is -0.812. The molecule has 3 N–H and O–H groups in total. The Bertz CT molecular complexity index is 1920. The van der Waals surface area contributed by atoms with Crippen molar-refractivity contribution >= 4 is 34.6 Å². The molecule has 0 aliphatic heterocycles. The van der Waals surface area contributed by atoms with E-state index in [0.29, 0.717) is 6.54 Å². The van der Waals surface area contributed by atoms with Crippen LogP contribution in [0.5, 0.6) is 5.75 Å². The number of amides is 1. The van der Waals surface area contributed by atoms with Gasteiger partial charge in [-0.15, -0.1) is 0 Å². The van der Waals surface area contributed by atoms with Crippen LogP contribution in [0.1, 0.15) is 43.4 Å². The maximum Gasteiger partial charge on any atom is 0.306 e. The third kappa shape index (κ3) is 7.76. The highest BCUT2D eigenvalue weighted by Crippen LogP contribution is 2.37. The van der Waals surface area contributed by atoms with Crippen molar-refractivity contribution in [2.75, 3.05) is 26.1 Å². The molecular formula is C37H40N6O6. The van der Waals surface area contributed by atoms with E-state index >= 15 is 0 Å². The van der Waals surface area contributed by atoms with Gasteiger partial charge >= 0.3 is 5.97 Å². The van der Waals surface area contributed by atoms with Crippen molar-refractivity contribution in [1.29, 1.82) is 0 Å². The number of H-pyrrole nitrogens is 1. The van der Waals surface area contributed by atoms with E-state index in [4.69, 9.17) is 9.47 Å². The van der Waals surface area contributed by atoms with Gasteiger partial charge in [-0.1, -0.05) is 86.6 Å². The van der Waals surface area contributed by atoms with Gasteiger partial charge in [-0.25, -0.2) is 4.68 Å². The zero-order valence-corrected chi connectivity index (χ0v) is 27.9. The highest BCUT2D eigenvalue weighted by atomic mass is 16.5. The van der Waals surface area contributed by atoms with Crippen LogP contribution in [0, 0.1) is 11.8 Å². The van der Waals surface area contributed by atoms with E-state index in [1.807, 2.05) is 60.7 Å². The first kappa shape index (κ1) is 34.7. The second-order valence-electron chi connectivity index (χ2n) is 12.0. The Morgan fingerprint density at radius 1 is 0.898 bits per heavy atom. The van der Waals surface area contributed by atoms with E-state index in [-0.39, 0.29) is 54.0 Å². The van der Waals surface area contributed by atoms with Crippen molar-refractivity contribution in [3.05, 3.63) is 118 Å². The number of carbonyl (C=O) groups is 3. The number of hydrogen-bond donors (Lipinski definition) is 3. The van der Waals surface area contributed by atoms with Gasteiger partial charge in [0.15, 0.2) is 11.4 Å². The number of rotatable bonds is 15. The first-order chi connectivity index (χ1) is 23.7. The van der Waals surface area contributed by atoms with E-state index in [1.165, 1.54) is 18.0 Å². The van der Waals surface area contributed by atoms with Crippen LogP contribution < -0.4 is 20.9 Å². The Balaban J connectivity index is 1.45. The minimum Gasteiger partial charge on any atom is -0.497 e. The Labute approximate surface area is 283 Å². The summed E-state index contributed by atoms with van der Waals surface area (Å²) in [5.74, 6) is -1.55. The summed E-state index contributed by atoms with van der Waals surface area (Å²) in [5, 5.41) is 10.8. The number of carbonyl (C=O) groups excluding carboxylic acids is 3. The number of aromatic amines is 1. The van der Waals surface area contributed by atoms with Crippen molar-refractivity contribution < 1.29 is 23.9 Å². The SMILES string of the molecule is COC(=O)CC(CCNC(c1ccccc1)(c1ccccc1)c1ccc(OC)cc1)C(=O)Cn1ncc2c(=O)[nH]c(NC(=O)C(C)C)nc21. The van der Waals surface area contributed by atoms with Crippen molar-refractivity contribution in [3.8, 4) is 5.75 Å². The molecule has 254 valence electrons. The van der Waals surface area contributed by atoms with Gasteiger partial charge in [-0.2, -0.15) is 10.1 Å². The van der Waals surface area contributed by atoms with Crippen LogP contribution in [0.15, 0.2) is 95.9 Å². The monoisotopic (exact) mass is 664 g/mol. The third-order valence-corrected chi connectivity index (χ3v) is 8.49. The predicted octanol–water partition coefficient (Wildman–Crippen LogP) is 4.44. The number of Topliss-reactive ketones (excluding diaryl/α,β-unsaturated/α-hetero) is 1. The number of hydrogen-bond acceptors (Lipinski definition) is 9. The number of fused-ring (bicyclic) bond motifs is 1. The summed E-state index contributed by atoms with van der Waals surface area (Å²) in [5.41, 5.74) is 1.76. The van der Waals surface area contributed by atoms with Gasteiger partial charge in [-0.05, 0) is 41.8 Å². The molecule has 12 nitrogen and oxygen atoms in total. The maximum absolute atomic E-state index is 13.9. The standard InChI is InChI=1S/C37H40N6O6/c1-24(2)34(46)41-36-40-33-30(35(47)42-36)22-39-43(33)23-31(44)25(21-32(45)49-4)19-20-38-37(26-11-7-5-8-12-26,27-13-9-6-10-14-27)28-15-17-29(48-3)18-16-28/h5-18,22,24-25,38H,19-21,23H2,1-4H3,(H2,40,41,42,46,47). The lowest BCUT2D eigenvalue weighted by Crippen LogP contribution is -2.45. The van der Waals surface area contributed by atoms with E-state index < -0.39 is 23.0 Å². The second kappa shape index (κ2) is 15.5. The molecule has 0 spiro atoms. The van der Waals surface area contributed by atoms with Gasteiger partial charge in [0.25, 0.3) is 5.56 Å². The van der Waals surface area contributed by atoms with E-state index in [9.17, 15) is 19.2 Å². The lowest BCUT2D eigenvalue weighted by atomic mass is 9.76. The first-order valence-corrected chi connectivity index (χ1v) is 16.0. The smallest absolute Gasteiger partial charge is 0.306 e. The number of esters is 1. The molecule has 2 aromatic heterocycles. The van der Waals surface area contributed by atoms with Crippen molar-refractivity contribution in [3.63, 3.8) is 0 Å². The number of nitrogens with zero attached hydrogens (tertiary/aromatic N) is 3. The fourth-order valence-electron chi connectivity index (χ4n) is 5.80. The van der Waals surface area contributed by atoms with Gasteiger partial charge in [0.1, 0.15) is 17.7 Å². The third-order valence-electron chi connectivity index (χ3n) is 8.49. The summed E-state index contributed by atoms with van der Waals surface area (Å²) in [6.07, 6.45) is 1.46. The number of aromatic nitrogens is 4. The molecule has 0 aliphatic carbocycles. The van der Waals surface area contributed by atoms with Crippen LogP contribution >= 0.6 is 0 Å². The molecule has 5 aromatic rings. The summed E-state index contributed by atoms with van der Waals surface area (Å²) >= 11 is 0. The molecule has 0 saturated heterocycles.